The number of hydrogen-bond acceptors (Lipinski definition) is 2. The van der Waals surface area contributed by atoms with Gasteiger partial charge in [0.15, 0.2) is 0 Å². The first-order chi connectivity index (χ1) is 43.2. The van der Waals surface area contributed by atoms with Gasteiger partial charge in [-0.15, -0.1) is 0 Å². The first-order valence-corrected chi connectivity index (χ1v) is 30.1. The molecule has 1 aliphatic carbocycles. The molecule has 0 atom stereocenters. The van der Waals surface area contributed by atoms with Crippen LogP contribution in [0.1, 0.15) is 22.3 Å². The molecule has 0 bridgehead atoms. The van der Waals surface area contributed by atoms with E-state index in [0.717, 1.165) is 72.9 Å². The molecule has 15 aromatic carbocycles. The Balaban J connectivity index is 0.955. The van der Waals surface area contributed by atoms with Gasteiger partial charge in [-0.2, -0.15) is 0 Å². The third-order valence-electron chi connectivity index (χ3n) is 17.8. The maximum absolute atomic E-state index is 2.53. The van der Waals surface area contributed by atoms with E-state index in [0.29, 0.717) is 0 Å². The summed E-state index contributed by atoms with van der Waals surface area (Å²) in [6.07, 6.45) is 0. The average Bonchev–Trinajstić information content (AvgIpc) is 1.55. The average molecular weight is 1110 g/mol. The quantitative estimate of drug-likeness (QED) is 0.113. The van der Waals surface area contributed by atoms with Gasteiger partial charge < -0.3 is 9.80 Å². The number of fused-ring (bicyclic) bond motifs is 9. The largest absolute Gasteiger partial charge is 0.310 e. The molecule has 0 saturated carbocycles. The SMILES string of the molecule is c1ccc(-c2ccc(-c3ccccc3)c(N(c3ccccc3)c3ccc4cc5c(cc4c3)C(c3ccccc3)(c3ccccc3)c3c-5c4ccccc4c4cc(N(c5ccccc5)c5cc(-c6ccccc6)ccc5-c5ccccc5)ccc34)c2)cc1. The lowest BCUT2D eigenvalue weighted by atomic mass is 9.66. The molecule has 15 aromatic rings. The molecule has 0 N–H and O–H groups in total. The molecule has 2 nitrogen and oxygen atoms in total. The Morgan fingerprint density at radius 1 is 0.218 bits per heavy atom. The monoisotopic (exact) mass is 1110 g/mol. The van der Waals surface area contributed by atoms with Crippen molar-refractivity contribution in [2.24, 2.45) is 0 Å². The fourth-order valence-corrected chi connectivity index (χ4v) is 14.0. The third-order valence-corrected chi connectivity index (χ3v) is 17.8. The van der Waals surface area contributed by atoms with E-state index in [1.807, 2.05) is 0 Å². The van der Waals surface area contributed by atoms with Gasteiger partial charge in [0.05, 0.1) is 16.8 Å². The maximum Gasteiger partial charge on any atom is 0.0720 e. The first kappa shape index (κ1) is 51.3. The van der Waals surface area contributed by atoms with Crippen molar-refractivity contribution in [2.75, 3.05) is 9.80 Å². The lowest BCUT2D eigenvalue weighted by Gasteiger charge is -2.35. The second kappa shape index (κ2) is 21.7. The smallest absolute Gasteiger partial charge is 0.0720 e. The molecule has 16 rings (SSSR count). The number of benzene rings is 15. The molecule has 0 radical (unpaired) electrons. The molecular formula is C85H58N2. The molecule has 408 valence electrons. The van der Waals surface area contributed by atoms with Crippen molar-refractivity contribution in [3.8, 4) is 55.6 Å². The minimum Gasteiger partial charge on any atom is -0.310 e. The van der Waals surface area contributed by atoms with Crippen molar-refractivity contribution in [2.45, 2.75) is 5.41 Å². The summed E-state index contributed by atoms with van der Waals surface area (Å²) >= 11 is 0. The molecule has 2 heteroatoms. The van der Waals surface area contributed by atoms with Gasteiger partial charge >= 0.3 is 0 Å². The van der Waals surface area contributed by atoms with E-state index in [-0.39, 0.29) is 0 Å². The lowest BCUT2D eigenvalue weighted by molar-refractivity contribution is 0.777. The fourth-order valence-electron chi connectivity index (χ4n) is 14.0. The van der Waals surface area contributed by atoms with E-state index >= 15 is 0 Å². The van der Waals surface area contributed by atoms with E-state index in [1.54, 1.807) is 0 Å². The van der Waals surface area contributed by atoms with Gasteiger partial charge in [-0.05, 0) is 172 Å². The van der Waals surface area contributed by atoms with Crippen LogP contribution >= 0.6 is 0 Å². The minimum atomic E-state index is -0.728. The summed E-state index contributed by atoms with van der Waals surface area (Å²) in [5.74, 6) is 0. The Kier molecular flexibility index (Phi) is 12.8. The van der Waals surface area contributed by atoms with Crippen molar-refractivity contribution in [3.63, 3.8) is 0 Å². The van der Waals surface area contributed by atoms with E-state index in [2.05, 4.69) is 362 Å². The van der Waals surface area contributed by atoms with Crippen molar-refractivity contribution < 1.29 is 0 Å². The Bertz CT molecular complexity index is 4950. The van der Waals surface area contributed by atoms with Crippen LogP contribution in [0.2, 0.25) is 0 Å². The highest BCUT2D eigenvalue weighted by molar-refractivity contribution is 6.21. The summed E-state index contributed by atoms with van der Waals surface area (Å²) in [5.41, 5.74) is 22.6. The molecule has 87 heavy (non-hydrogen) atoms. The number of hydrogen-bond donors (Lipinski definition) is 0. The summed E-state index contributed by atoms with van der Waals surface area (Å²) < 4.78 is 0. The van der Waals surface area contributed by atoms with Crippen LogP contribution in [0.4, 0.5) is 34.1 Å². The molecule has 0 aromatic heterocycles. The van der Waals surface area contributed by atoms with Crippen molar-refractivity contribution in [1.29, 1.82) is 0 Å². The van der Waals surface area contributed by atoms with E-state index in [1.165, 1.54) is 71.4 Å². The summed E-state index contributed by atoms with van der Waals surface area (Å²) in [6, 6.07) is 130. The molecular weight excluding hydrogens is 1050 g/mol. The molecule has 0 spiro atoms. The zero-order chi connectivity index (χ0) is 57.7. The Hall–Kier alpha value is -11.3. The van der Waals surface area contributed by atoms with Crippen LogP contribution in [0.25, 0.3) is 88.0 Å². The van der Waals surface area contributed by atoms with Gasteiger partial charge in [-0.3, -0.25) is 0 Å². The van der Waals surface area contributed by atoms with Gasteiger partial charge in [0.25, 0.3) is 0 Å². The third kappa shape index (κ3) is 8.80. The Morgan fingerprint density at radius 2 is 0.632 bits per heavy atom. The van der Waals surface area contributed by atoms with Crippen LogP contribution in [0.3, 0.4) is 0 Å². The second-order valence-electron chi connectivity index (χ2n) is 22.7. The van der Waals surface area contributed by atoms with Crippen molar-refractivity contribution in [1.82, 2.24) is 0 Å². The zero-order valence-electron chi connectivity index (χ0n) is 47.9. The summed E-state index contributed by atoms with van der Waals surface area (Å²) in [4.78, 5) is 4.92. The number of nitrogens with zero attached hydrogens (tertiary/aromatic N) is 2. The van der Waals surface area contributed by atoms with E-state index in [4.69, 9.17) is 0 Å². The van der Waals surface area contributed by atoms with E-state index < -0.39 is 5.41 Å². The van der Waals surface area contributed by atoms with Gasteiger partial charge in [-0.25, -0.2) is 0 Å². The standard InChI is InChI=1S/C85H58N2/c1-9-27-59(28-10-1)64-46-50-73(61-31-13-3-14-32-61)81(56-64)86(69-39-21-7-22-40-69)71-48-45-63-54-79-80(55-66(63)53-71)85(67-35-17-5-18-36-67,68-37-19-6-20-38-68)84-77-52-49-72(58-78(77)75-43-25-26-44-76(75)83(79)84)87(70-41-23-8-24-42-70)82-57-65(60-29-11-2-12-30-60)47-51-74(82)62-33-15-4-16-34-62/h1-58H. The van der Waals surface area contributed by atoms with Gasteiger partial charge in [0, 0.05) is 33.9 Å². The fraction of sp³-hybridized carbons (Fsp3) is 0.0118. The van der Waals surface area contributed by atoms with Gasteiger partial charge in [0.2, 0.25) is 0 Å². The second-order valence-corrected chi connectivity index (χ2v) is 22.7. The highest BCUT2D eigenvalue weighted by Gasteiger charge is 2.48. The van der Waals surface area contributed by atoms with Crippen LogP contribution in [0, 0.1) is 0 Å². The van der Waals surface area contributed by atoms with Crippen molar-refractivity contribution in [3.05, 3.63) is 374 Å². The normalized spacial score (nSPS) is 12.2. The first-order valence-electron chi connectivity index (χ1n) is 30.1. The summed E-state index contributed by atoms with van der Waals surface area (Å²) in [7, 11) is 0. The summed E-state index contributed by atoms with van der Waals surface area (Å²) in [5, 5.41) is 7.21. The summed E-state index contributed by atoms with van der Waals surface area (Å²) in [6.45, 7) is 0. The zero-order valence-corrected chi connectivity index (χ0v) is 47.9. The predicted octanol–water partition coefficient (Wildman–Crippen LogP) is 23.1. The molecule has 0 saturated heterocycles. The minimum absolute atomic E-state index is 0.728. The molecule has 1 aliphatic rings. The number of rotatable bonds is 12. The predicted molar refractivity (Wildman–Crippen MR) is 367 cm³/mol. The molecule has 0 aliphatic heterocycles. The van der Waals surface area contributed by atoms with Crippen LogP contribution in [-0.4, -0.2) is 0 Å². The molecule has 0 heterocycles. The molecule has 0 unspecified atom stereocenters. The van der Waals surface area contributed by atoms with Crippen LogP contribution < -0.4 is 9.80 Å². The number of para-hydroxylation sites is 2. The van der Waals surface area contributed by atoms with E-state index in [9.17, 15) is 0 Å². The van der Waals surface area contributed by atoms with Crippen LogP contribution in [0.15, 0.2) is 352 Å². The maximum atomic E-state index is 2.53. The van der Waals surface area contributed by atoms with Crippen LogP contribution in [0.5, 0.6) is 0 Å². The molecule has 0 fully saturated rings. The highest BCUT2D eigenvalue weighted by atomic mass is 15.2. The Labute approximate surface area is 508 Å². The highest BCUT2D eigenvalue weighted by Crippen LogP contribution is 2.61. The van der Waals surface area contributed by atoms with Crippen molar-refractivity contribution >= 4 is 66.4 Å². The van der Waals surface area contributed by atoms with Gasteiger partial charge in [-0.1, -0.05) is 279 Å². The molecule has 0 amide bonds. The topological polar surface area (TPSA) is 6.48 Å². The van der Waals surface area contributed by atoms with Crippen LogP contribution in [-0.2, 0) is 5.41 Å². The Morgan fingerprint density at radius 3 is 1.13 bits per heavy atom. The lowest BCUT2D eigenvalue weighted by Crippen LogP contribution is -2.29. The van der Waals surface area contributed by atoms with Gasteiger partial charge in [0.1, 0.15) is 0 Å². The number of anilines is 6.